The van der Waals surface area contributed by atoms with Gasteiger partial charge in [-0.15, -0.1) is 0 Å². The van der Waals surface area contributed by atoms with E-state index in [2.05, 4.69) is 10.6 Å². The number of nitrogens with zero attached hydrogens (tertiary/aromatic N) is 1. The maximum absolute atomic E-state index is 8.29. The van der Waals surface area contributed by atoms with Crippen LogP contribution < -0.4 is 44.9 Å². The van der Waals surface area contributed by atoms with Crippen LogP contribution in [-0.4, -0.2) is 12.2 Å². The smallest absolute Gasteiger partial charge is 0.497 e. The van der Waals surface area contributed by atoms with E-state index in [0.717, 1.165) is 11.4 Å². The maximum Gasteiger partial charge on any atom is 1.00 e. The van der Waals surface area contributed by atoms with Crippen molar-refractivity contribution in [1.82, 2.24) is 5.32 Å². The van der Waals surface area contributed by atoms with Crippen LogP contribution in [0.5, 0.6) is 5.75 Å². The van der Waals surface area contributed by atoms with Gasteiger partial charge in [0.2, 0.25) is 0 Å². The van der Waals surface area contributed by atoms with Crippen molar-refractivity contribution < 1.29 is 34.3 Å². The molecule has 0 spiro atoms. The molecule has 1 aromatic rings. The molecule has 6 heteroatoms. The normalized spacial score (nSPS) is 8.00. The molecule has 0 atom stereocenters. The average molecular weight is 230 g/mol. The van der Waals surface area contributed by atoms with E-state index in [0.29, 0.717) is 0 Å². The zero-order chi connectivity index (χ0) is 10.4. The van der Waals surface area contributed by atoms with Gasteiger partial charge in [0, 0.05) is 5.69 Å². The Kier molecular flexibility index (Phi) is 7.09. The molecule has 0 aliphatic rings. The molecule has 2 N–H and O–H groups in total. The fourth-order valence-electron chi connectivity index (χ4n) is 0.887. The first-order valence-electron chi connectivity index (χ1n) is 3.86. The molecular weight excluding hydrogens is 221 g/mol. The van der Waals surface area contributed by atoms with Gasteiger partial charge in [0.05, 0.1) is 7.11 Å². The summed E-state index contributed by atoms with van der Waals surface area (Å²) in [6.45, 7) is 0. The van der Waals surface area contributed by atoms with Crippen LogP contribution in [0.2, 0.25) is 0 Å². The molecule has 0 heterocycles. The molecule has 0 aromatic heterocycles. The molecule has 0 aliphatic heterocycles. The molecule has 0 aliphatic carbocycles. The van der Waals surface area contributed by atoms with E-state index in [1.54, 1.807) is 25.4 Å². The van der Waals surface area contributed by atoms with Crippen LogP contribution in [0, 0.1) is 11.5 Å². The second-order valence-corrected chi connectivity index (χ2v) is 2.83. The van der Waals surface area contributed by atoms with E-state index in [-0.39, 0.29) is 34.7 Å². The van der Waals surface area contributed by atoms with Gasteiger partial charge < -0.3 is 10.1 Å². The minimum atomic E-state index is 0. The molecule has 0 saturated heterocycles. The van der Waals surface area contributed by atoms with Gasteiger partial charge in [-0.05, 0) is 36.5 Å². The Bertz CT molecular complexity index is 361. The number of methoxy groups -OCH3 is 1. The van der Waals surface area contributed by atoms with Gasteiger partial charge in [0.1, 0.15) is 5.75 Å². The van der Waals surface area contributed by atoms with Gasteiger partial charge in [-0.1, -0.05) is 0 Å². The van der Waals surface area contributed by atoms with Crippen molar-refractivity contribution in [1.29, 1.82) is 5.26 Å². The first kappa shape index (κ1) is 14.2. The third-order valence-corrected chi connectivity index (χ3v) is 1.72. The molecule has 4 nitrogen and oxygen atoms in total. The summed E-state index contributed by atoms with van der Waals surface area (Å²) in [6.07, 6.45) is 1.73. The number of hydrogen-bond acceptors (Lipinski definition) is 3. The molecule has 0 bridgehead atoms. The predicted molar refractivity (Wildman–Crippen MR) is 58.0 cm³/mol. The summed E-state index contributed by atoms with van der Waals surface area (Å²) in [7, 11) is 1.60. The van der Waals surface area contributed by atoms with Crippen LogP contribution >= 0.6 is 12.2 Å². The van der Waals surface area contributed by atoms with Gasteiger partial charge in [-0.2, -0.15) is 5.26 Å². The van der Waals surface area contributed by atoms with Crippen molar-refractivity contribution in [2.45, 2.75) is 0 Å². The summed E-state index contributed by atoms with van der Waals surface area (Å²) in [5, 5.41) is 13.7. The number of benzene rings is 1. The van der Waals surface area contributed by atoms with Crippen molar-refractivity contribution in [2.75, 3.05) is 12.4 Å². The van der Waals surface area contributed by atoms with Crippen molar-refractivity contribution in [3.05, 3.63) is 24.3 Å². The van der Waals surface area contributed by atoms with E-state index < -0.39 is 0 Å². The minimum Gasteiger partial charge on any atom is -0.497 e. The minimum absolute atomic E-state index is 0. The Balaban J connectivity index is 0.00000196. The topological polar surface area (TPSA) is 57.1 Å². The summed E-state index contributed by atoms with van der Waals surface area (Å²) < 4.78 is 4.99. The third-order valence-electron chi connectivity index (χ3n) is 1.52. The predicted octanol–water partition coefficient (Wildman–Crippen LogP) is -1.53. The van der Waals surface area contributed by atoms with E-state index in [1.165, 1.54) is 0 Å². The quantitative estimate of drug-likeness (QED) is 0.279. The molecule has 1 aromatic carbocycles. The Morgan fingerprint density at radius 3 is 2.47 bits per heavy atom. The monoisotopic (exact) mass is 230 g/mol. The average Bonchev–Trinajstić information content (AvgIpc) is 2.19. The van der Waals surface area contributed by atoms with Crippen LogP contribution in [0.3, 0.4) is 0 Å². The van der Waals surface area contributed by atoms with Crippen molar-refractivity contribution in [3.8, 4) is 11.9 Å². The van der Waals surface area contributed by atoms with Gasteiger partial charge in [0.15, 0.2) is 11.3 Å². The summed E-state index contributed by atoms with van der Waals surface area (Å²) >= 11 is 4.82. The summed E-state index contributed by atoms with van der Waals surface area (Å²) in [5.74, 6) is 0.773. The van der Waals surface area contributed by atoms with Crippen LogP contribution in [-0.2, 0) is 0 Å². The molecular formula is C9H9N3NaOS+. The Hall–Kier alpha value is -0.800. The Labute approximate surface area is 116 Å². The zero-order valence-electron chi connectivity index (χ0n) is 8.57. The number of rotatable bonds is 2. The van der Waals surface area contributed by atoms with Crippen LogP contribution in [0.15, 0.2) is 24.3 Å². The first-order valence-corrected chi connectivity index (χ1v) is 4.27. The van der Waals surface area contributed by atoms with E-state index in [1.807, 2.05) is 12.1 Å². The van der Waals surface area contributed by atoms with Gasteiger partial charge in [-0.3, -0.25) is 5.32 Å². The molecule has 0 fully saturated rings. The summed E-state index contributed by atoms with van der Waals surface area (Å²) in [4.78, 5) is 0. The fraction of sp³-hybridized carbons (Fsp3) is 0.111. The summed E-state index contributed by atoms with van der Waals surface area (Å²) in [5.41, 5.74) is 0.804. The van der Waals surface area contributed by atoms with Gasteiger partial charge >= 0.3 is 29.6 Å². The SMILES string of the molecule is COc1ccc(NC(=S)NC#N)cc1.[Na+]. The maximum atomic E-state index is 8.29. The standard InChI is InChI=1S/C9H9N3OS.Na/c1-13-8-4-2-7(3-5-8)12-9(14)11-6-10;/h2-5H,1H3,(H2,11,12,14);/q;+1. The van der Waals surface area contributed by atoms with Crippen molar-refractivity contribution in [3.63, 3.8) is 0 Å². The largest absolute Gasteiger partial charge is 1.00 e. The van der Waals surface area contributed by atoms with Gasteiger partial charge in [-0.25, -0.2) is 0 Å². The number of hydrogen-bond donors (Lipinski definition) is 2. The second-order valence-electron chi connectivity index (χ2n) is 2.42. The zero-order valence-corrected chi connectivity index (χ0v) is 11.4. The second kappa shape index (κ2) is 7.49. The number of thiocarbonyl (C=S) groups is 1. The first-order chi connectivity index (χ1) is 6.76. The van der Waals surface area contributed by atoms with Crippen molar-refractivity contribution in [2.24, 2.45) is 0 Å². The number of anilines is 1. The van der Waals surface area contributed by atoms with Crippen LogP contribution in [0.4, 0.5) is 5.69 Å². The fourth-order valence-corrected chi connectivity index (χ4v) is 1.05. The third kappa shape index (κ3) is 5.00. The molecule has 72 valence electrons. The molecule has 1 rings (SSSR count). The number of nitrogens with one attached hydrogen (secondary N) is 2. The van der Waals surface area contributed by atoms with Gasteiger partial charge in [0.25, 0.3) is 0 Å². The number of nitriles is 1. The number of ether oxygens (including phenoxy) is 1. The van der Waals surface area contributed by atoms with E-state index >= 15 is 0 Å². The van der Waals surface area contributed by atoms with Crippen molar-refractivity contribution >= 4 is 23.0 Å². The molecule has 0 unspecified atom stereocenters. The molecule has 15 heavy (non-hydrogen) atoms. The molecule has 0 amide bonds. The van der Waals surface area contributed by atoms with E-state index in [9.17, 15) is 0 Å². The van der Waals surface area contributed by atoms with Crippen LogP contribution in [0.25, 0.3) is 0 Å². The summed E-state index contributed by atoms with van der Waals surface area (Å²) in [6, 6.07) is 7.23. The van der Waals surface area contributed by atoms with E-state index in [4.69, 9.17) is 22.2 Å². The molecule has 0 radical (unpaired) electrons. The Morgan fingerprint density at radius 2 is 2.00 bits per heavy atom. The van der Waals surface area contributed by atoms with Crippen LogP contribution in [0.1, 0.15) is 0 Å². The molecule has 0 saturated carbocycles. The Morgan fingerprint density at radius 1 is 1.40 bits per heavy atom.